The van der Waals surface area contributed by atoms with E-state index < -0.39 is 0 Å². The predicted molar refractivity (Wildman–Crippen MR) is 78.8 cm³/mol. The molecular weight excluding hydrogens is 266 g/mol. The summed E-state index contributed by atoms with van der Waals surface area (Å²) in [5.74, 6) is 0.994. The number of amides is 1. The van der Waals surface area contributed by atoms with Crippen LogP contribution in [0.15, 0.2) is 36.9 Å². The molecule has 106 valence electrons. The molecule has 1 aliphatic heterocycles. The number of hydrogen-bond donors (Lipinski definition) is 2. The summed E-state index contributed by atoms with van der Waals surface area (Å²) in [5.41, 5.74) is 2.47. The van der Waals surface area contributed by atoms with E-state index in [1.807, 2.05) is 24.4 Å². The van der Waals surface area contributed by atoms with Crippen molar-refractivity contribution >= 4 is 22.6 Å². The number of aryl methyl sites for hydroxylation is 1. The number of anilines is 1. The van der Waals surface area contributed by atoms with Crippen molar-refractivity contribution in [2.75, 3.05) is 5.32 Å². The zero-order valence-electron chi connectivity index (χ0n) is 11.4. The standard InChI is InChI=1S/C15H15N5O/c21-15(10-4-6-20-7-5-16-13(20)8-10)19-12-3-1-2-11-14(12)18-9-17-11/h1-3,5,7,9-10H,4,6,8H2,(H,17,18)(H,19,21). The second-order valence-electron chi connectivity index (χ2n) is 5.32. The number of para-hydroxylation sites is 1. The Morgan fingerprint density at radius 2 is 2.33 bits per heavy atom. The maximum absolute atomic E-state index is 12.5. The highest BCUT2D eigenvalue weighted by molar-refractivity contribution is 6.00. The molecule has 6 heteroatoms. The van der Waals surface area contributed by atoms with Gasteiger partial charge in [-0.05, 0) is 18.6 Å². The quantitative estimate of drug-likeness (QED) is 0.754. The van der Waals surface area contributed by atoms with E-state index in [0.717, 1.165) is 35.5 Å². The van der Waals surface area contributed by atoms with Crippen LogP contribution in [-0.4, -0.2) is 25.4 Å². The third-order valence-electron chi connectivity index (χ3n) is 4.03. The van der Waals surface area contributed by atoms with Gasteiger partial charge in [0.15, 0.2) is 0 Å². The third kappa shape index (κ3) is 2.08. The summed E-state index contributed by atoms with van der Waals surface area (Å²) in [6.07, 6.45) is 6.92. The first-order valence-electron chi connectivity index (χ1n) is 7.04. The van der Waals surface area contributed by atoms with E-state index in [4.69, 9.17) is 0 Å². The molecule has 1 aliphatic rings. The molecule has 3 heterocycles. The molecule has 6 nitrogen and oxygen atoms in total. The number of nitrogens with one attached hydrogen (secondary N) is 2. The molecule has 2 N–H and O–H groups in total. The molecule has 1 atom stereocenters. The number of nitrogens with zero attached hydrogens (tertiary/aromatic N) is 3. The molecular formula is C15H15N5O. The molecule has 2 aromatic heterocycles. The molecule has 0 spiro atoms. The lowest BCUT2D eigenvalue weighted by atomic mass is 9.97. The van der Waals surface area contributed by atoms with Crippen molar-refractivity contribution in [3.05, 3.63) is 42.7 Å². The van der Waals surface area contributed by atoms with E-state index in [2.05, 4.69) is 24.8 Å². The molecule has 3 aromatic rings. The van der Waals surface area contributed by atoms with E-state index in [9.17, 15) is 4.79 Å². The van der Waals surface area contributed by atoms with Gasteiger partial charge in [-0.15, -0.1) is 0 Å². The summed E-state index contributed by atoms with van der Waals surface area (Å²) in [5, 5.41) is 3.01. The Bertz CT molecular complexity index is 803. The summed E-state index contributed by atoms with van der Waals surface area (Å²) in [6, 6.07) is 5.73. The lowest BCUT2D eigenvalue weighted by Gasteiger charge is -2.22. The summed E-state index contributed by atoms with van der Waals surface area (Å²) in [6.45, 7) is 0.847. The van der Waals surface area contributed by atoms with Crippen LogP contribution >= 0.6 is 0 Å². The minimum atomic E-state index is -0.0332. The SMILES string of the molecule is O=C(Nc1cccc2[nH]cnc12)C1CCn2ccnc2C1. The number of imidazole rings is 2. The number of rotatable bonds is 2. The van der Waals surface area contributed by atoms with Crippen LogP contribution in [0.2, 0.25) is 0 Å². The van der Waals surface area contributed by atoms with Gasteiger partial charge in [-0.25, -0.2) is 9.97 Å². The summed E-state index contributed by atoms with van der Waals surface area (Å²) in [4.78, 5) is 24.1. The normalized spacial score (nSPS) is 17.6. The van der Waals surface area contributed by atoms with Crippen LogP contribution in [0.3, 0.4) is 0 Å². The average Bonchev–Trinajstić information content (AvgIpc) is 3.15. The van der Waals surface area contributed by atoms with Crippen molar-refractivity contribution in [3.8, 4) is 0 Å². The first-order chi connectivity index (χ1) is 10.3. The Kier molecular flexibility index (Phi) is 2.73. The van der Waals surface area contributed by atoms with Crippen LogP contribution in [0.25, 0.3) is 11.0 Å². The molecule has 4 rings (SSSR count). The Labute approximate surface area is 121 Å². The molecule has 1 amide bonds. The monoisotopic (exact) mass is 281 g/mol. The third-order valence-corrected chi connectivity index (χ3v) is 4.03. The number of fused-ring (bicyclic) bond motifs is 2. The van der Waals surface area contributed by atoms with Gasteiger partial charge in [0.1, 0.15) is 11.3 Å². The van der Waals surface area contributed by atoms with Crippen LogP contribution in [0.5, 0.6) is 0 Å². The van der Waals surface area contributed by atoms with Crippen LogP contribution < -0.4 is 5.32 Å². The highest BCUT2D eigenvalue weighted by Gasteiger charge is 2.25. The molecule has 0 saturated carbocycles. The fourth-order valence-electron chi connectivity index (χ4n) is 2.88. The van der Waals surface area contributed by atoms with Crippen LogP contribution in [0, 0.1) is 5.92 Å². The Hall–Kier alpha value is -2.63. The van der Waals surface area contributed by atoms with E-state index in [-0.39, 0.29) is 11.8 Å². The molecule has 1 unspecified atom stereocenters. The van der Waals surface area contributed by atoms with Gasteiger partial charge >= 0.3 is 0 Å². The molecule has 0 aliphatic carbocycles. The smallest absolute Gasteiger partial charge is 0.228 e. The van der Waals surface area contributed by atoms with Crippen molar-refractivity contribution in [1.29, 1.82) is 0 Å². The zero-order chi connectivity index (χ0) is 14.2. The lowest BCUT2D eigenvalue weighted by molar-refractivity contribution is -0.120. The number of aromatic nitrogens is 4. The minimum absolute atomic E-state index is 0.0332. The van der Waals surface area contributed by atoms with Gasteiger partial charge in [-0.1, -0.05) is 6.07 Å². The number of carbonyl (C=O) groups excluding carboxylic acids is 1. The number of hydrogen-bond acceptors (Lipinski definition) is 3. The fraction of sp³-hybridized carbons (Fsp3) is 0.267. The van der Waals surface area contributed by atoms with E-state index in [1.54, 1.807) is 12.5 Å². The Morgan fingerprint density at radius 3 is 3.29 bits per heavy atom. The van der Waals surface area contributed by atoms with Crippen molar-refractivity contribution in [2.45, 2.75) is 19.4 Å². The number of carbonyl (C=O) groups is 1. The van der Waals surface area contributed by atoms with Gasteiger partial charge in [-0.2, -0.15) is 0 Å². The fourth-order valence-corrected chi connectivity index (χ4v) is 2.88. The van der Waals surface area contributed by atoms with Crippen LogP contribution in [-0.2, 0) is 17.8 Å². The molecule has 0 saturated heterocycles. The molecule has 0 fully saturated rings. The molecule has 0 bridgehead atoms. The summed E-state index contributed by atoms with van der Waals surface area (Å²) in [7, 11) is 0. The molecule has 0 radical (unpaired) electrons. The first-order valence-corrected chi connectivity index (χ1v) is 7.04. The predicted octanol–water partition coefficient (Wildman–Crippen LogP) is 1.96. The van der Waals surface area contributed by atoms with Crippen molar-refractivity contribution in [3.63, 3.8) is 0 Å². The van der Waals surface area contributed by atoms with Gasteiger partial charge in [0, 0.05) is 31.3 Å². The first kappa shape index (κ1) is 12.1. The van der Waals surface area contributed by atoms with Gasteiger partial charge < -0.3 is 14.9 Å². The maximum Gasteiger partial charge on any atom is 0.228 e. The van der Waals surface area contributed by atoms with Gasteiger partial charge in [-0.3, -0.25) is 4.79 Å². The minimum Gasteiger partial charge on any atom is -0.345 e. The lowest BCUT2D eigenvalue weighted by Crippen LogP contribution is -2.30. The second kappa shape index (κ2) is 4.73. The number of aromatic amines is 1. The average molecular weight is 281 g/mol. The maximum atomic E-state index is 12.5. The van der Waals surface area contributed by atoms with Gasteiger partial charge in [0.25, 0.3) is 0 Å². The van der Waals surface area contributed by atoms with Crippen molar-refractivity contribution < 1.29 is 4.79 Å². The van der Waals surface area contributed by atoms with Gasteiger partial charge in [0.05, 0.1) is 17.5 Å². The van der Waals surface area contributed by atoms with E-state index in [1.165, 1.54) is 0 Å². The summed E-state index contributed by atoms with van der Waals surface area (Å²) >= 11 is 0. The second-order valence-corrected chi connectivity index (χ2v) is 5.32. The summed E-state index contributed by atoms with van der Waals surface area (Å²) < 4.78 is 2.11. The number of benzene rings is 1. The largest absolute Gasteiger partial charge is 0.345 e. The Balaban J connectivity index is 1.55. The van der Waals surface area contributed by atoms with Crippen molar-refractivity contribution in [2.24, 2.45) is 5.92 Å². The molecule has 21 heavy (non-hydrogen) atoms. The zero-order valence-corrected chi connectivity index (χ0v) is 11.4. The highest BCUT2D eigenvalue weighted by atomic mass is 16.1. The number of H-pyrrole nitrogens is 1. The van der Waals surface area contributed by atoms with E-state index in [0.29, 0.717) is 6.42 Å². The highest BCUT2D eigenvalue weighted by Crippen LogP contribution is 2.24. The van der Waals surface area contributed by atoms with Gasteiger partial charge in [0.2, 0.25) is 5.91 Å². The van der Waals surface area contributed by atoms with Crippen molar-refractivity contribution in [1.82, 2.24) is 19.5 Å². The van der Waals surface area contributed by atoms with Crippen LogP contribution in [0.1, 0.15) is 12.2 Å². The van der Waals surface area contributed by atoms with E-state index >= 15 is 0 Å². The molecule has 1 aromatic carbocycles. The Morgan fingerprint density at radius 1 is 1.38 bits per heavy atom. The van der Waals surface area contributed by atoms with Crippen LogP contribution in [0.4, 0.5) is 5.69 Å². The topological polar surface area (TPSA) is 75.6 Å².